The number of nitrogens with one attached hydrogen (secondary N) is 1. The van der Waals surface area contributed by atoms with E-state index in [-0.39, 0.29) is 11.9 Å². The maximum absolute atomic E-state index is 12.5. The van der Waals surface area contributed by atoms with Crippen LogP contribution in [0.25, 0.3) is 0 Å². The van der Waals surface area contributed by atoms with E-state index in [0.717, 1.165) is 12.8 Å². The Kier molecular flexibility index (Phi) is 6.03. The molecule has 0 saturated carbocycles. The van der Waals surface area contributed by atoms with E-state index in [9.17, 15) is 4.79 Å². The van der Waals surface area contributed by atoms with Gasteiger partial charge in [-0.15, -0.1) is 0 Å². The van der Waals surface area contributed by atoms with Gasteiger partial charge in [0.1, 0.15) is 0 Å². The van der Waals surface area contributed by atoms with E-state index in [1.807, 2.05) is 25.1 Å². The Morgan fingerprint density at radius 2 is 1.78 bits per heavy atom. The first kappa shape index (κ1) is 16.9. The van der Waals surface area contributed by atoms with Gasteiger partial charge in [-0.05, 0) is 37.5 Å². The van der Waals surface area contributed by atoms with E-state index in [1.54, 1.807) is 25.3 Å². The SMILES string of the molecule is COc1cccc(C(=O)NC(C)CCc2ccccc2)c1OC. The van der Waals surface area contributed by atoms with Crippen LogP contribution in [-0.2, 0) is 6.42 Å². The van der Waals surface area contributed by atoms with Crippen LogP contribution in [0.15, 0.2) is 48.5 Å². The van der Waals surface area contributed by atoms with Crippen LogP contribution in [0.5, 0.6) is 11.5 Å². The molecule has 0 spiro atoms. The maximum atomic E-state index is 12.5. The van der Waals surface area contributed by atoms with Crippen molar-refractivity contribution in [2.45, 2.75) is 25.8 Å². The summed E-state index contributed by atoms with van der Waals surface area (Å²) in [5.74, 6) is 0.862. The van der Waals surface area contributed by atoms with E-state index >= 15 is 0 Å². The van der Waals surface area contributed by atoms with E-state index in [4.69, 9.17) is 9.47 Å². The third kappa shape index (κ3) is 4.49. The second kappa shape index (κ2) is 8.22. The second-order valence-electron chi connectivity index (χ2n) is 5.44. The Morgan fingerprint density at radius 1 is 1.04 bits per heavy atom. The Bertz CT molecular complexity index is 640. The minimum absolute atomic E-state index is 0.0682. The van der Waals surface area contributed by atoms with Crippen LogP contribution in [0.1, 0.15) is 29.3 Å². The molecule has 2 aromatic rings. The molecule has 1 unspecified atom stereocenters. The number of carbonyl (C=O) groups excluding carboxylic acids is 1. The monoisotopic (exact) mass is 313 g/mol. The van der Waals surface area contributed by atoms with Gasteiger partial charge in [-0.1, -0.05) is 36.4 Å². The van der Waals surface area contributed by atoms with Crippen molar-refractivity contribution in [2.24, 2.45) is 0 Å². The van der Waals surface area contributed by atoms with Crippen LogP contribution in [0.3, 0.4) is 0 Å². The van der Waals surface area contributed by atoms with Gasteiger partial charge < -0.3 is 14.8 Å². The number of carbonyl (C=O) groups is 1. The molecule has 1 N–H and O–H groups in total. The van der Waals surface area contributed by atoms with Gasteiger partial charge in [0.2, 0.25) is 0 Å². The van der Waals surface area contributed by atoms with Crippen molar-refractivity contribution in [1.29, 1.82) is 0 Å². The molecule has 0 saturated heterocycles. The van der Waals surface area contributed by atoms with Crippen molar-refractivity contribution < 1.29 is 14.3 Å². The maximum Gasteiger partial charge on any atom is 0.255 e. The lowest BCUT2D eigenvalue weighted by molar-refractivity contribution is 0.0934. The highest BCUT2D eigenvalue weighted by Gasteiger charge is 2.17. The first-order valence-corrected chi connectivity index (χ1v) is 7.71. The predicted molar refractivity (Wildman–Crippen MR) is 91.2 cm³/mol. The zero-order valence-corrected chi connectivity index (χ0v) is 13.8. The van der Waals surface area contributed by atoms with Gasteiger partial charge in [-0.2, -0.15) is 0 Å². The molecule has 1 amide bonds. The molecule has 2 aromatic carbocycles. The van der Waals surface area contributed by atoms with E-state index in [0.29, 0.717) is 17.1 Å². The van der Waals surface area contributed by atoms with Crippen molar-refractivity contribution in [3.63, 3.8) is 0 Å². The Balaban J connectivity index is 1.98. The second-order valence-corrected chi connectivity index (χ2v) is 5.44. The standard InChI is InChI=1S/C19H23NO3/c1-14(12-13-15-8-5-4-6-9-15)20-19(21)16-10-7-11-17(22-2)18(16)23-3/h4-11,14H,12-13H2,1-3H3,(H,20,21). The molecule has 122 valence electrons. The fraction of sp³-hybridized carbons (Fsp3) is 0.316. The highest BCUT2D eigenvalue weighted by Crippen LogP contribution is 2.30. The third-order valence-corrected chi connectivity index (χ3v) is 3.73. The Hall–Kier alpha value is -2.49. The molecular formula is C19H23NO3. The highest BCUT2D eigenvalue weighted by molar-refractivity contribution is 5.98. The summed E-state index contributed by atoms with van der Waals surface area (Å²) in [5, 5.41) is 3.02. The number of ether oxygens (including phenoxy) is 2. The predicted octanol–water partition coefficient (Wildman–Crippen LogP) is 3.45. The minimum Gasteiger partial charge on any atom is -0.493 e. The third-order valence-electron chi connectivity index (χ3n) is 3.73. The van der Waals surface area contributed by atoms with Crippen molar-refractivity contribution in [3.05, 3.63) is 59.7 Å². The van der Waals surface area contributed by atoms with E-state index in [1.165, 1.54) is 12.7 Å². The Labute approximate surface area is 137 Å². The zero-order chi connectivity index (χ0) is 16.7. The van der Waals surface area contributed by atoms with Crippen LogP contribution < -0.4 is 14.8 Å². The highest BCUT2D eigenvalue weighted by atomic mass is 16.5. The number of amides is 1. The summed E-state index contributed by atoms with van der Waals surface area (Å²) in [6.07, 6.45) is 1.81. The van der Waals surface area contributed by atoms with Crippen LogP contribution >= 0.6 is 0 Å². The van der Waals surface area contributed by atoms with Gasteiger partial charge in [0.05, 0.1) is 19.8 Å². The summed E-state index contributed by atoms with van der Waals surface area (Å²) < 4.78 is 10.5. The lowest BCUT2D eigenvalue weighted by Crippen LogP contribution is -2.33. The lowest BCUT2D eigenvalue weighted by Gasteiger charge is -2.16. The molecule has 23 heavy (non-hydrogen) atoms. The molecule has 4 nitrogen and oxygen atoms in total. The van der Waals surface area contributed by atoms with E-state index < -0.39 is 0 Å². The molecule has 0 aliphatic carbocycles. The first-order chi connectivity index (χ1) is 11.2. The van der Waals surface area contributed by atoms with E-state index in [2.05, 4.69) is 17.4 Å². The van der Waals surface area contributed by atoms with Crippen LogP contribution in [0.2, 0.25) is 0 Å². The van der Waals surface area contributed by atoms with Gasteiger partial charge in [0.15, 0.2) is 11.5 Å². The molecule has 0 bridgehead atoms. The number of methoxy groups -OCH3 is 2. The van der Waals surface area contributed by atoms with Gasteiger partial charge in [-0.25, -0.2) is 0 Å². The zero-order valence-electron chi connectivity index (χ0n) is 13.8. The summed E-state index contributed by atoms with van der Waals surface area (Å²) in [6.45, 7) is 2.01. The van der Waals surface area contributed by atoms with Crippen LogP contribution in [0.4, 0.5) is 0 Å². The average Bonchev–Trinajstić information content (AvgIpc) is 2.59. The van der Waals surface area contributed by atoms with Crippen molar-refractivity contribution in [3.8, 4) is 11.5 Å². The summed E-state index contributed by atoms with van der Waals surface area (Å²) >= 11 is 0. The van der Waals surface area contributed by atoms with Gasteiger partial charge in [-0.3, -0.25) is 4.79 Å². The Morgan fingerprint density at radius 3 is 2.43 bits per heavy atom. The van der Waals surface area contributed by atoms with Crippen LogP contribution in [0, 0.1) is 0 Å². The molecule has 0 aliphatic rings. The molecule has 2 rings (SSSR count). The number of hydrogen-bond acceptors (Lipinski definition) is 3. The number of aryl methyl sites for hydroxylation is 1. The average molecular weight is 313 g/mol. The molecule has 4 heteroatoms. The van der Waals surface area contributed by atoms with Gasteiger partial charge >= 0.3 is 0 Å². The molecule has 0 aromatic heterocycles. The van der Waals surface area contributed by atoms with Crippen molar-refractivity contribution in [1.82, 2.24) is 5.32 Å². The smallest absolute Gasteiger partial charge is 0.255 e. The topological polar surface area (TPSA) is 47.6 Å². The summed E-state index contributed by atoms with van der Waals surface area (Å²) in [5.41, 5.74) is 1.76. The lowest BCUT2D eigenvalue weighted by atomic mass is 10.1. The molecule has 0 radical (unpaired) electrons. The van der Waals surface area contributed by atoms with Gasteiger partial charge in [0.25, 0.3) is 5.91 Å². The number of rotatable bonds is 7. The first-order valence-electron chi connectivity index (χ1n) is 7.71. The fourth-order valence-corrected chi connectivity index (χ4v) is 2.47. The fourth-order valence-electron chi connectivity index (χ4n) is 2.47. The molecule has 1 atom stereocenters. The number of hydrogen-bond donors (Lipinski definition) is 1. The molecular weight excluding hydrogens is 290 g/mol. The van der Waals surface area contributed by atoms with Crippen molar-refractivity contribution in [2.75, 3.05) is 14.2 Å². The minimum atomic E-state index is -0.152. The molecule has 0 aliphatic heterocycles. The van der Waals surface area contributed by atoms with Crippen LogP contribution in [-0.4, -0.2) is 26.2 Å². The summed E-state index contributed by atoms with van der Waals surface area (Å²) in [7, 11) is 3.09. The molecule has 0 heterocycles. The largest absolute Gasteiger partial charge is 0.493 e. The van der Waals surface area contributed by atoms with Crippen molar-refractivity contribution >= 4 is 5.91 Å². The quantitative estimate of drug-likeness (QED) is 0.851. The number of benzene rings is 2. The summed E-state index contributed by atoms with van der Waals surface area (Å²) in [6, 6.07) is 15.6. The van der Waals surface area contributed by atoms with Gasteiger partial charge in [0, 0.05) is 6.04 Å². The summed E-state index contributed by atoms with van der Waals surface area (Å²) in [4.78, 5) is 12.5. The molecule has 0 fully saturated rings. The normalized spacial score (nSPS) is 11.6. The number of para-hydroxylation sites is 1.